The zero-order valence-corrected chi connectivity index (χ0v) is 13.1. The van der Waals surface area contributed by atoms with E-state index in [4.69, 9.17) is 4.74 Å². The van der Waals surface area contributed by atoms with Crippen LogP contribution < -0.4 is 10.1 Å². The minimum atomic E-state index is -0.742. The lowest BCUT2D eigenvalue weighted by molar-refractivity contribution is 0.396. The fraction of sp³-hybridized carbons (Fsp3) is 0.600. The molecule has 0 aliphatic heterocycles. The first-order valence-electron chi connectivity index (χ1n) is 6.78. The summed E-state index contributed by atoms with van der Waals surface area (Å²) >= 11 is 0. The molecular formula is C15H25NO2S. The Balaban J connectivity index is 2.60. The van der Waals surface area contributed by atoms with Crippen molar-refractivity contribution in [1.29, 1.82) is 0 Å². The van der Waals surface area contributed by atoms with Crippen LogP contribution in [0, 0.1) is 0 Å². The SMILES string of the molecule is CCC(NCCC(C)S(C)=O)c1ccccc1OC. The van der Waals surface area contributed by atoms with Gasteiger partial charge in [0.2, 0.25) is 0 Å². The molecule has 3 nitrogen and oxygen atoms in total. The van der Waals surface area contributed by atoms with Gasteiger partial charge in [-0.3, -0.25) is 4.21 Å². The summed E-state index contributed by atoms with van der Waals surface area (Å²) in [5.41, 5.74) is 1.19. The summed E-state index contributed by atoms with van der Waals surface area (Å²) in [6, 6.07) is 8.39. The Hall–Kier alpha value is -0.870. The van der Waals surface area contributed by atoms with Gasteiger partial charge in [0.15, 0.2) is 0 Å². The average molecular weight is 283 g/mol. The second-order valence-electron chi connectivity index (χ2n) is 4.75. The standard InChI is InChI=1S/C15H25NO2S/c1-5-14(16-11-10-12(2)19(4)17)13-8-6-7-9-15(13)18-3/h6-9,12,14,16H,5,10-11H2,1-4H3. The molecule has 0 spiro atoms. The van der Waals surface area contributed by atoms with Gasteiger partial charge < -0.3 is 10.1 Å². The van der Waals surface area contributed by atoms with E-state index in [1.807, 2.05) is 25.1 Å². The fourth-order valence-electron chi connectivity index (χ4n) is 2.06. The summed E-state index contributed by atoms with van der Waals surface area (Å²) in [6.07, 6.45) is 3.70. The van der Waals surface area contributed by atoms with Crippen LogP contribution in [0.3, 0.4) is 0 Å². The molecule has 0 aromatic heterocycles. The molecule has 0 heterocycles. The fourth-order valence-corrected chi connectivity index (χ4v) is 2.51. The van der Waals surface area contributed by atoms with Gasteiger partial charge in [0.05, 0.1) is 7.11 Å². The van der Waals surface area contributed by atoms with Crippen LogP contribution in [0.4, 0.5) is 0 Å². The second kappa shape index (κ2) is 8.33. The minimum Gasteiger partial charge on any atom is -0.496 e. The van der Waals surface area contributed by atoms with Crippen LogP contribution in [0.5, 0.6) is 5.75 Å². The van der Waals surface area contributed by atoms with Crippen LogP contribution in [0.1, 0.15) is 38.3 Å². The Morgan fingerprint density at radius 2 is 2.05 bits per heavy atom. The molecule has 0 bridgehead atoms. The topological polar surface area (TPSA) is 38.3 Å². The first-order valence-corrected chi connectivity index (χ1v) is 8.40. The van der Waals surface area contributed by atoms with Gasteiger partial charge in [0, 0.05) is 33.9 Å². The number of para-hydroxylation sites is 1. The van der Waals surface area contributed by atoms with E-state index in [0.29, 0.717) is 0 Å². The summed E-state index contributed by atoms with van der Waals surface area (Å²) in [5, 5.41) is 3.77. The maximum atomic E-state index is 11.3. The summed E-state index contributed by atoms with van der Waals surface area (Å²) in [5.74, 6) is 0.925. The van der Waals surface area contributed by atoms with Gasteiger partial charge in [-0.2, -0.15) is 0 Å². The highest BCUT2D eigenvalue weighted by Crippen LogP contribution is 2.26. The van der Waals surface area contributed by atoms with E-state index in [0.717, 1.165) is 25.1 Å². The molecule has 1 aromatic carbocycles. The molecule has 4 heteroatoms. The first kappa shape index (κ1) is 16.2. The van der Waals surface area contributed by atoms with Crippen molar-refractivity contribution in [3.8, 4) is 5.75 Å². The maximum absolute atomic E-state index is 11.3. The quantitative estimate of drug-likeness (QED) is 0.797. The van der Waals surface area contributed by atoms with Crippen LogP contribution >= 0.6 is 0 Å². The van der Waals surface area contributed by atoms with Crippen molar-refractivity contribution in [2.24, 2.45) is 0 Å². The predicted molar refractivity (Wildman–Crippen MR) is 82.2 cm³/mol. The summed E-state index contributed by atoms with van der Waals surface area (Å²) in [4.78, 5) is 0. The molecule has 1 aromatic rings. The number of hydrogen-bond acceptors (Lipinski definition) is 3. The lowest BCUT2D eigenvalue weighted by atomic mass is 10.0. The summed E-state index contributed by atoms with van der Waals surface area (Å²) < 4.78 is 16.7. The highest BCUT2D eigenvalue weighted by atomic mass is 32.2. The lowest BCUT2D eigenvalue weighted by Crippen LogP contribution is -2.25. The number of methoxy groups -OCH3 is 1. The Kier molecular flexibility index (Phi) is 7.10. The van der Waals surface area contributed by atoms with Gasteiger partial charge >= 0.3 is 0 Å². The molecule has 0 aliphatic carbocycles. The van der Waals surface area contributed by atoms with Gasteiger partial charge in [-0.05, 0) is 25.5 Å². The monoisotopic (exact) mass is 283 g/mol. The van der Waals surface area contributed by atoms with Crippen LogP contribution in [0.15, 0.2) is 24.3 Å². The van der Waals surface area contributed by atoms with Gasteiger partial charge in [0.25, 0.3) is 0 Å². The average Bonchev–Trinajstić information content (AvgIpc) is 2.43. The maximum Gasteiger partial charge on any atom is 0.123 e. The van der Waals surface area contributed by atoms with Crippen molar-refractivity contribution in [3.05, 3.63) is 29.8 Å². The van der Waals surface area contributed by atoms with Gasteiger partial charge in [-0.1, -0.05) is 32.0 Å². The Bertz CT molecular complexity index is 409. The van der Waals surface area contributed by atoms with E-state index in [-0.39, 0.29) is 11.3 Å². The molecule has 19 heavy (non-hydrogen) atoms. The van der Waals surface area contributed by atoms with Crippen LogP contribution in [-0.2, 0) is 10.8 Å². The molecule has 0 fully saturated rings. The molecule has 0 aliphatic rings. The normalized spacial score (nSPS) is 15.8. The van der Waals surface area contributed by atoms with E-state index in [1.165, 1.54) is 5.56 Å². The zero-order chi connectivity index (χ0) is 14.3. The lowest BCUT2D eigenvalue weighted by Gasteiger charge is -2.20. The van der Waals surface area contributed by atoms with E-state index in [1.54, 1.807) is 13.4 Å². The number of ether oxygens (including phenoxy) is 1. The molecule has 0 saturated carbocycles. The molecule has 0 amide bonds. The molecule has 3 unspecified atom stereocenters. The minimum absolute atomic E-state index is 0.239. The molecule has 0 radical (unpaired) electrons. The van der Waals surface area contributed by atoms with Gasteiger partial charge in [-0.15, -0.1) is 0 Å². The molecule has 3 atom stereocenters. The second-order valence-corrected chi connectivity index (χ2v) is 6.56. The van der Waals surface area contributed by atoms with Gasteiger partial charge in [-0.25, -0.2) is 0 Å². The highest BCUT2D eigenvalue weighted by molar-refractivity contribution is 7.84. The van der Waals surface area contributed by atoms with Gasteiger partial charge in [0.1, 0.15) is 5.75 Å². The van der Waals surface area contributed by atoms with E-state index in [9.17, 15) is 4.21 Å². The van der Waals surface area contributed by atoms with E-state index in [2.05, 4.69) is 18.3 Å². The van der Waals surface area contributed by atoms with Crippen molar-refractivity contribution < 1.29 is 8.95 Å². The van der Waals surface area contributed by atoms with Crippen LogP contribution in [-0.4, -0.2) is 29.4 Å². The summed E-state index contributed by atoms with van der Waals surface area (Å²) in [7, 11) is 0.960. The van der Waals surface area contributed by atoms with Crippen molar-refractivity contribution in [2.45, 2.75) is 38.0 Å². The third kappa shape index (κ3) is 4.96. The van der Waals surface area contributed by atoms with Crippen LogP contribution in [0.2, 0.25) is 0 Å². The third-order valence-corrected chi connectivity index (χ3v) is 4.80. The number of benzene rings is 1. The predicted octanol–water partition coefficient (Wildman–Crippen LogP) is 2.89. The smallest absolute Gasteiger partial charge is 0.123 e. The number of nitrogens with one attached hydrogen (secondary N) is 1. The van der Waals surface area contributed by atoms with Crippen molar-refractivity contribution >= 4 is 10.8 Å². The Morgan fingerprint density at radius 1 is 1.37 bits per heavy atom. The van der Waals surface area contributed by atoms with E-state index >= 15 is 0 Å². The molecule has 108 valence electrons. The molecule has 0 saturated heterocycles. The first-order chi connectivity index (χ1) is 9.10. The van der Waals surface area contributed by atoms with Crippen LogP contribution in [0.25, 0.3) is 0 Å². The number of hydrogen-bond donors (Lipinski definition) is 1. The Morgan fingerprint density at radius 3 is 2.63 bits per heavy atom. The molecular weight excluding hydrogens is 258 g/mol. The van der Waals surface area contributed by atoms with Crippen molar-refractivity contribution in [2.75, 3.05) is 19.9 Å². The van der Waals surface area contributed by atoms with Crippen molar-refractivity contribution in [1.82, 2.24) is 5.32 Å². The van der Waals surface area contributed by atoms with E-state index < -0.39 is 10.8 Å². The third-order valence-electron chi connectivity index (χ3n) is 3.43. The zero-order valence-electron chi connectivity index (χ0n) is 12.3. The summed E-state index contributed by atoms with van der Waals surface area (Å²) in [6.45, 7) is 5.06. The largest absolute Gasteiger partial charge is 0.496 e. The number of rotatable bonds is 8. The molecule has 1 N–H and O–H groups in total. The Labute approximate surface area is 119 Å². The van der Waals surface area contributed by atoms with Crippen molar-refractivity contribution in [3.63, 3.8) is 0 Å². The molecule has 1 rings (SSSR count). The highest BCUT2D eigenvalue weighted by Gasteiger charge is 2.14.